The van der Waals surface area contributed by atoms with Crippen molar-refractivity contribution in [2.75, 3.05) is 5.73 Å². The van der Waals surface area contributed by atoms with Gasteiger partial charge in [-0.2, -0.15) is 0 Å². The first-order valence-electron chi connectivity index (χ1n) is 5.85. The van der Waals surface area contributed by atoms with E-state index in [-0.39, 0.29) is 5.56 Å². The zero-order chi connectivity index (χ0) is 14.0. The zero-order valence-electron chi connectivity index (χ0n) is 10.8. The molecular weight excluding hydrogens is 258 g/mol. The second-order valence-corrected chi connectivity index (χ2v) is 5.52. The number of aryl methyl sites for hydroxylation is 2. The van der Waals surface area contributed by atoms with Crippen LogP contribution < -0.4 is 5.73 Å². The van der Waals surface area contributed by atoms with E-state index in [4.69, 9.17) is 10.8 Å². The zero-order valence-corrected chi connectivity index (χ0v) is 11.6. The predicted molar refractivity (Wildman–Crippen MR) is 77.9 cm³/mol. The molecule has 0 saturated heterocycles. The van der Waals surface area contributed by atoms with E-state index in [1.807, 2.05) is 6.07 Å². The summed E-state index contributed by atoms with van der Waals surface area (Å²) in [6.07, 6.45) is 0. The third kappa shape index (κ3) is 3.09. The summed E-state index contributed by atoms with van der Waals surface area (Å²) < 4.78 is 0. The summed E-state index contributed by atoms with van der Waals surface area (Å²) in [6.45, 7) is 4.11. The highest BCUT2D eigenvalue weighted by Gasteiger charge is 2.08. The number of benzene rings is 2. The number of carbonyl (C=O) groups is 1. The van der Waals surface area contributed by atoms with Crippen molar-refractivity contribution in [1.29, 1.82) is 0 Å². The molecule has 0 aliphatic rings. The van der Waals surface area contributed by atoms with Crippen LogP contribution in [0.15, 0.2) is 46.2 Å². The molecule has 0 aromatic heterocycles. The van der Waals surface area contributed by atoms with Crippen molar-refractivity contribution in [1.82, 2.24) is 0 Å². The molecule has 2 aromatic rings. The molecule has 3 N–H and O–H groups in total. The molecule has 0 fully saturated rings. The molecule has 0 spiro atoms. The number of hydrogen-bond donors (Lipinski definition) is 2. The summed E-state index contributed by atoms with van der Waals surface area (Å²) in [4.78, 5) is 12.8. The molecule has 98 valence electrons. The van der Waals surface area contributed by atoms with Gasteiger partial charge in [0.2, 0.25) is 0 Å². The van der Waals surface area contributed by atoms with Gasteiger partial charge in [0.25, 0.3) is 0 Å². The van der Waals surface area contributed by atoms with E-state index in [9.17, 15) is 4.79 Å². The Morgan fingerprint density at radius 1 is 1.11 bits per heavy atom. The van der Waals surface area contributed by atoms with Gasteiger partial charge in [-0.15, -0.1) is 0 Å². The number of carboxylic acids is 1. The largest absolute Gasteiger partial charge is 0.478 e. The number of rotatable bonds is 3. The molecule has 4 heteroatoms. The van der Waals surface area contributed by atoms with Gasteiger partial charge in [-0.25, -0.2) is 4.79 Å². The number of aromatic carboxylic acids is 1. The van der Waals surface area contributed by atoms with E-state index in [1.165, 1.54) is 29.0 Å². The monoisotopic (exact) mass is 273 g/mol. The van der Waals surface area contributed by atoms with Crippen LogP contribution in [-0.2, 0) is 0 Å². The van der Waals surface area contributed by atoms with Gasteiger partial charge in [0.05, 0.1) is 5.56 Å². The molecule has 0 aliphatic carbocycles. The lowest BCUT2D eigenvalue weighted by Gasteiger charge is -2.08. The minimum atomic E-state index is -0.943. The molecule has 0 radical (unpaired) electrons. The van der Waals surface area contributed by atoms with Crippen molar-refractivity contribution in [2.24, 2.45) is 0 Å². The van der Waals surface area contributed by atoms with Crippen molar-refractivity contribution in [3.63, 3.8) is 0 Å². The summed E-state index contributed by atoms with van der Waals surface area (Å²) >= 11 is 1.48. The molecule has 0 bridgehead atoms. The van der Waals surface area contributed by atoms with Crippen LogP contribution in [0.4, 0.5) is 5.69 Å². The molecule has 0 amide bonds. The van der Waals surface area contributed by atoms with Crippen molar-refractivity contribution in [3.8, 4) is 0 Å². The molecule has 3 nitrogen and oxygen atoms in total. The van der Waals surface area contributed by atoms with Crippen LogP contribution in [0.5, 0.6) is 0 Å². The van der Waals surface area contributed by atoms with Crippen molar-refractivity contribution in [3.05, 3.63) is 53.1 Å². The maximum atomic E-state index is 11.0. The fourth-order valence-electron chi connectivity index (χ4n) is 1.66. The van der Waals surface area contributed by atoms with Gasteiger partial charge in [0.1, 0.15) is 0 Å². The van der Waals surface area contributed by atoms with Gasteiger partial charge in [-0.3, -0.25) is 0 Å². The Hall–Kier alpha value is -1.94. The Bertz CT molecular complexity index is 638. The van der Waals surface area contributed by atoms with Crippen LogP contribution >= 0.6 is 11.8 Å². The molecule has 0 unspecified atom stereocenters. The number of hydrogen-bond acceptors (Lipinski definition) is 3. The van der Waals surface area contributed by atoms with Crippen LogP contribution in [0.25, 0.3) is 0 Å². The number of nitrogens with two attached hydrogens (primary N) is 1. The Labute approximate surface area is 116 Å². The van der Waals surface area contributed by atoms with Crippen molar-refractivity contribution < 1.29 is 9.90 Å². The van der Waals surface area contributed by atoms with Crippen molar-refractivity contribution in [2.45, 2.75) is 23.6 Å². The van der Waals surface area contributed by atoms with Crippen LogP contribution in [0.2, 0.25) is 0 Å². The van der Waals surface area contributed by atoms with Gasteiger partial charge in [0.15, 0.2) is 0 Å². The van der Waals surface area contributed by atoms with E-state index in [0.29, 0.717) is 5.69 Å². The summed E-state index contributed by atoms with van der Waals surface area (Å²) in [7, 11) is 0. The lowest BCUT2D eigenvalue weighted by Crippen LogP contribution is -1.98. The Balaban J connectivity index is 2.34. The Morgan fingerprint density at radius 3 is 2.47 bits per heavy atom. The van der Waals surface area contributed by atoms with E-state index >= 15 is 0 Å². The van der Waals surface area contributed by atoms with Gasteiger partial charge < -0.3 is 10.8 Å². The second kappa shape index (κ2) is 5.36. The molecule has 2 rings (SSSR count). The second-order valence-electron chi connectivity index (χ2n) is 4.41. The highest BCUT2D eigenvalue weighted by molar-refractivity contribution is 7.99. The third-order valence-electron chi connectivity index (χ3n) is 2.97. The van der Waals surface area contributed by atoms with Crippen LogP contribution in [0.3, 0.4) is 0 Å². The summed E-state index contributed by atoms with van der Waals surface area (Å²) in [6, 6.07) is 10.9. The quantitative estimate of drug-likeness (QED) is 0.836. The average Bonchev–Trinajstić information content (AvgIpc) is 2.36. The Morgan fingerprint density at radius 2 is 1.84 bits per heavy atom. The minimum Gasteiger partial charge on any atom is -0.478 e. The lowest BCUT2D eigenvalue weighted by atomic mass is 10.1. The predicted octanol–water partition coefficient (Wildman–Crippen LogP) is 3.74. The highest BCUT2D eigenvalue weighted by atomic mass is 32.2. The SMILES string of the molecule is Cc1ccc(Sc2cc(C(=O)O)ccc2N)cc1C. The number of nitrogen functional groups attached to an aromatic ring is 1. The molecule has 0 atom stereocenters. The third-order valence-corrected chi connectivity index (χ3v) is 4.03. The topological polar surface area (TPSA) is 63.3 Å². The first-order chi connectivity index (χ1) is 8.97. The summed E-state index contributed by atoms with van der Waals surface area (Å²) in [5.41, 5.74) is 9.17. The standard InChI is InChI=1S/C15H15NO2S/c1-9-3-5-12(7-10(9)2)19-14-8-11(15(17)18)4-6-13(14)16/h3-8H,16H2,1-2H3,(H,17,18). The molecule has 0 saturated carbocycles. The maximum Gasteiger partial charge on any atom is 0.335 e. The van der Waals surface area contributed by atoms with Gasteiger partial charge in [-0.1, -0.05) is 17.8 Å². The maximum absolute atomic E-state index is 11.0. The average molecular weight is 273 g/mol. The van der Waals surface area contributed by atoms with Gasteiger partial charge in [0, 0.05) is 15.5 Å². The molecular formula is C15H15NO2S. The van der Waals surface area contributed by atoms with E-state index in [2.05, 4.69) is 26.0 Å². The van der Waals surface area contributed by atoms with E-state index in [0.717, 1.165) is 9.79 Å². The molecule has 19 heavy (non-hydrogen) atoms. The number of anilines is 1. The van der Waals surface area contributed by atoms with Crippen LogP contribution in [0, 0.1) is 13.8 Å². The van der Waals surface area contributed by atoms with Crippen LogP contribution in [0.1, 0.15) is 21.5 Å². The molecule has 0 heterocycles. The fraction of sp³-hybridized carbons (Fsp3) is 0.133. The van der Waals surface area contributed by atoms with Gasteiger partial charge >= 0.3 is 5.97 Å². The van der Waals surface area contributed by atoms with Gasteiger partial charge in [-0.05, 0) is 55.3 Å². The minimum absolute atomic E-state index is 0.250. The summed E-state index contributed by atoms with van der Waals surface area (Å²) in [5.74, 6) is -0.943. The first kappa shape index (κ1) is 13.5. The van der Waals surface area contributed by atoms with Crippen LogP contribution in [-0.4, -0.2) is 11.1 Å². The smallest absolute Gasteiger partial charge is 0.335 e. The highest BCUT2D eigenvalue weighted by Crippen LogP contribution is 2.33. The summed E-state index contributed by atoms with van der Waals surface area (Å²) in [5, 5.41) is 9.00. The van der Waals surface area contributed by atoms with E-state index in [1.54, 1.807) is 12.1 Å². The van der Waals surface area contributed by atoms with E-state index < -0.39 is 5.97 Å². The fourth-order valence-corrected chi connectivity index (χ4v) is 2.66. The molecule has 0 aliphatic heterocycles. The normalized spacial score (nSPS) is 10.4. The number of carboxylic acid groups (broad SMARTS) is 1. The first-order valence-corrected chi connectivity index (χ1v) is 6.67. The van der Waals surface area contributed by atoms with Crippen molar-refractivity contribution >= 4 is 23.4 Å². The Kier molecular flexibility index (Phi) is 3.81. The molecule has 2 aromatic carbocycles. The lowest BCUT2D eigenvalue weighted by molar-refractivity contribution is 0.0696.